The van der Waals surface area contributed by atoms with Crippen molar-refractivity contribution >= 4 is 11.6 Å². The third-order valence-electron chi connectivity index (χ3n) is 3.13. The lowest BCUT2D eigenvalue weighted by molar-refractivity contribution is -0.118. The van der Waals surface area contributed by atoms with Crippen LogP contribution in [0.15, 0.2) is 18.2 Å². The van der Waals surface area contributed by atoms with Crippen LogP contribution in [0.5, 0.6) is 5.75 Å². The summed E-state index contributed by atoms with van der Waals surface area (Å²) < 4.78 is 18.8. The highest BCUT2D eigenvalue weighted by molar-refractivity contribution is 5.94. The number of nitrogens with one attached hydrogen (secondary N) is 2. The van der Waals surface area contributed by atoms with Gasteiger partial charge in [-0.05, 0) is 38.4 Å². The summed E-state index contributed by atoms with van der Waals surface area (Å²) in [5.41, 5.74) is 0.457. The van der Waals surface area contributed by atoms with Crippen molar-refractivity contribution in [3.8, 4) is 5.75 Å². The Morgan fingerprint density at radius 3 is 3.00 bits per heavy atom. The third kappa shape index (κ3) is 3.67. The number of benzene rings is 1. The smallest absolute Gasteiger partial charge is 0.241 e. The number of rotatable bonds is 4. The van der Waals surface area contributed by atoms with Crippen molar-refractivity contribution in [2.45, 2.75) is 32.2 Å². The Morgan fingerprint density at radius 2 is 2.37 bits per heavy atom. The molecule has 0 spiro atoms. The molecule has 0 radical (unpaired) electrons. The van der Waals surface area contributed by atoms with Gasteiger partial charge in [-0.3, -0.25) is 4.79 Å². The summed E-state index contributed by atoms with van der Waals surface area (Å²) in [4.78, 5) is 12.0. The Morgan fingerprint density at radius 1 is 1.53 bits per heavy atom. The molecule has 1 heterocycles. The first-order chi connectivity index (χ1) is 9.20. The fraction of sp³-hybridized carbons (Fsp3) is 0.500. The Hall–Kier alpha value is -1.62. The van der Waals surface area contributed by atoms with Crippen molar-refractivity contribution in [1.82, 2.24) is 5.32 Å². The van der Waals surface area contributed by atoms with Gasteiger partial charge in [0.2, 0.25) is 5.91 Å². The molecule has 4 nitrogen and oxygen atoms in total. The molecule has 0 aromatic heterocycles. The Labute approximate surface area is 112 Å². The number of hydrogen-bond acceptors (Lipinski definition) is 3. The minimum atomic E-state index is -0.462. The molecule has 0 bridgehead atoms. The fourth-order valence-corrected chi connectivity index (χ4v) is 2.16. The molecule has 2 rings (SSSR count). The van der Waals surface area contributed by atoms with Crippen LogP contribution in [0.25, 0.3) is 0 Å². The molecule has 1 aromatic rings. The number of anilines is 1. The van der Waals surface area contributed by atoms with E-state index in [1.165, 1.54) is 12.1 Å². The fourth-order valence-electron chi connectivity index (χ4n) is 2.16. The average molecular weight is 266 g/mol. The van der Waals surface area contributed by atoms with E-state index in [0.717, 1.165) is 25.8 Å². The topological polar surface area (TPSA) is 50.4 Å². The quantitative estimate of drug-likeness (QED) is 0.879. The molecule has 1 aromatic carbocycles. The number of piperidine rings is 1. The molecule has 0 aliphatic carbocycles. The number of ether oxygens (including phenoxy) is 1. The van der Waals surface area contributed by atoms with Crippen LogP contribution in [-0.4, -0.2) is 25.1 Å². The van der Waals surface area contributed by atoms with E-state index in [-0.39, 0.29) is 17.7 Å². The summed E-state index contributed by atoms with van der Waals surface area (Å²) in [5, 5.41) is 5.88. The van der Waals surface area contributed by atoms with Crippen molar-refractivity contribution in [2.24, 2.45) is 0 Å². The largest absolute Gasteiger partial charge is 0.491 e. The molecule has 19 heavy (non-hydrogen) atoms. The van der Waals surface area contributed by atoms with E-state index in [1.54, 1.807) is 13.0 Å². The first kappa shape index (κ1) is 13.8. The van der Waals surface area contributed by atoms with Crippen molar-refractivity contribution < 1.29 is 13.9 Å². The first-order valence-corrected chi connectivity index (χ1v) is 6.67. The van der Waals surface area contributed by atoms with Gasteiger partial charge in [-0.2, -0.15) is 0 Å². The Bertz CT molecular complexity index is 445. The second-order valence-electron chi connectivity index (χ2n) is 4.57. The van der Waals surface area contributed by atoms with Gasteiger partial charge in [0.15, 0.2) is 11.6 Å². The number of carbonyl (C=O) groups is 1. The van der Waals surface area contributed by atoms with Crippen LogP contribution in [0.3, 0.4) is 0 Å². The van der Waals surface area contributed by atoms with E-state index in [0.29, 0.717) is 12.3 Å². The highest BCUT2D eigenvalue weighted by Crippen LogP contribution is 2.21. The van der Waals surface area contributed by atoms with Gasteiger partial charge in [-0.25, -0.2) is 4.39 Å². The zero-order valence-electron chi connectivity index (χ0n) is 11.0. The highest BCUT2D eigenvalue weighted by Gasteiger charge is 2.20. The second-order valence-corrected chi connectivity index (χ2v) is 4.57. The predicted molar refractivity (Wildman–Crippen MR) is 71.8 cm³/mol. The van der Waals surface area contributed by atoms with Gasteiger partial charge in [-0.1, -0.05) is 6.42 Å². The number of hydrogen-bond donors (Lipinski definition) is 2. The lowest BCUT2D eigenvalue weighted by Crippen LogP contribution is -2.43. The second kappa shape index (κ2) is 6.52. The van der Waals surface area contributed by atoms with Crippen LogP contribution in [0, 0.1) is 5.82 Å². The van der Waals surface area contributed by atoms with E-state index < -0.39 is 5.82 Å². The van der Waals surface area contributed by atoms with Gasteiger partial charge in [0.05, 0.1) is 12.6 Å². The standard InChI is InChI=1S/C14H19FN2O2/c1-2-19-13-7-6-10(9-11(13)15)17-14(18)12-5-3-4-8-16-12/h6-7,9,12,16H,2-5,8H2,1H3,(H,17,18). The van der Waals surface area contributed by atoms with Crippen molar-refractivity contribution in [3.63, 3.8) is 0 Å². The van der Waals surface area contributed by atoms with Crippen LogP contribution in [-0.2, 0) is 4.79 Å². The molecule has 1 aliphatic heterocycles. The Kier molecular flexibility index (Phi) is 4.74. The number of halogens is 1. The Balaban J connectivity index is 1.98. The number of amides is 1. The van der Waals surface area contributed by atoms with Gasteiger partial charge in [-0.15, -0.1) is 0 Å². The van der Waals surface area contributed by atoms with Crippen LogP contribution in [0.1, 0.15) is 26.2 Å². The summed E-state index contributed by atoms with van der Waals surface area (Å²) in [6.45, 7) is 3.06. The molecule has 1 atom stereocenters. The molecule has 1 saturated heterocycles. The van der Waals surface area contributed by atoms with Crippen LogP contribution in [0.2, 0.25) is 0 Å². The minimum Gasteiger partial charge on any atom is -0.491 e. The lowest BCUT2D eigenvalue weighted by Gasteiger charge is -2.22. The lowest BCUT2D eigenvalue weighted by atomic mass is 10.0. The summed E-state index contributed by atoms with van der Waals surface area (Å²) in [6.07, 6.45) is 2.97. The zero-order valence-corrected chi connectivity index (χ0v) is 11.0. The monoisotopic (exact) mass is 266 g/mol. The van der Waals surface area contributed by atoms with E-state index in [9.17, 15) is 9.18 Å². The minimum absolute atomic E-state index is 0.108. The molecule has 1 aliphatic rings. The SMILES string of the molecule is CCOc1ccc(NC(=O)C2CCCCN2)cc1F. The summed E-state index contributed by atoms with van der Waals surface area (Å²) in [6, 6.07) is 4.28. The van der Waals surface area contributed by atoms with E-state index in [2.05, 4.69) is 10.6 Å². The van der Waals surface area contributed by atoms with Crippen LogP contribution >= 0.6 is 0 Å². The van der Waals surface area contributed by atoms with Crippen LogP contribution in [0.4, 0.5) is 10.1 Å². The molecule has 2 N–H and O–H groups in total. The van der Waals surface area contributed by atoms with Crippen molar-refractivity contribution in [2.75, 3.05) is 18.5 Å². The van der Waals surface area contributed by atoms with E-state index in [4.69, 9.17) is 4.74 Å². The molecular weight excluding hydrogens is 247 g/mol. The molecule has 5 heteroatoms. The van der Waals surface area contributed by atoms with Crippen molar-refractivity contribution in [1.29, 1.82) is 0 Å². The molecule has 1 fully saturated rings. The molecular formula is C14H19FN2O2. The van der Waals surface area contributed by atoms with Gasteiger partial charge >= 0.3 is 0 Å². The zero-order chi connectivity index (χ0) is 13.7. The molecule has 104 valence electrons. The van der Waals surface area contributed by atoms with Gasteiger partial charge in [0, 0.05) is 11.8 Å². The molecule has 1 amide bonds. The van der Waals surface area contributed by atoms with E-state index in [1.807, 2.05) is 0 Å². The molecule has 0 saturated carbocycles. The number of carbonyl (C=O) groups excluding carboxylic acids is 1. The van der Waals surface area contributed by atoms with Gasteiger partial charge in [0.1, 0.15) is 0 Å². The van der Waals surface area contributed by atoms with E-state index >= 15 is 0 Å². The van der Waals surface area contributed by atoms with Gasteiger partial charge in [0.25, 0.3) is 0 Å². The van der Waals surface area contributed by atoms with Gasteiger partial charge < -0.3 is 15.4 Å². The van der Waals surface area contributed by atoms with Crippen molar-refractivity contribution in [3.05, 3.63) is 24.0 Å². The molecule has 1 unspecified atom stereocenters. The summed E-state index contributed by atoms with van der Waals surface area (Å²) in [5.74, 6) is -0.365. The van der Waals surface area contributed by atoms with Crippen LogP contribution < -0.4 is 15.4 Å². The summed E-state index contributed by atoms with van der Waals surface area (Å²) >= 11 is 0. The highest BCUT2D eigenvalue weighted by atomic mass is 19.1. The maximum Gasteiger partial charge on any atom is 0.241 e. The predicted octanol–water partition coefficient (Wildman–Crippen LogP) is 2.30. The maximum absolute atomic E-state index is 13.6. The third-order valence-corrected chi connectivity index (χ3v) is 3.13. The normalized spacial score (nSPS) is 18.9. The maximum atomic E-state index is 13.6. The first-order valence-electron chi connectivity index (χ1n) is 6.67. The summed E-state index contributed by atoms with van der Waals surface area (Å²) in [7, 11) is 0. The average Bonchev–Trinajstić information content (AvgIpc) is 2.43.